The highest BCUT2D eigenvalue weighted by Gasteiger charge is 2.43. The zero-order valence-corrected chi connectivity index (χ0v) is 19.8. The summed E-state index contributed by atoms with van der Waals surface area (Å²) in [7, 11) is 1.97. The monoisotopic (exact) mass is 510 g/mol. The zero-order chi connectivity index (χ0) is 19.6. The third-order valence-corrected chi connectivity index (χ3v) is 5.93. The second kappa shape index (κ2) is 9.32. The van der Waals surface area contributed by atoms with E-state index in [0.717, 1.165) is 49.2 Å². The normalized spacial score (nSPS) is 20.0. The lowest BCUT2D eigenvalue weighted by Crippen LogP contribution is -2.46. The van der Waals surface area contributed by atoms with Gasteiger partial charge in [-0.05, 0) is 45.6 Å². The van der Waals surface area contributed by atoms with Gasteiger partial charge in [0.25, 0.3) is 0 Å². The molecule has 1 aliphatic carbocycles. The number of fused-ring (bicyclic) bond motifs is 1. The van der Waals surface area contributed by atoms with Crippen molar-refractivity contribution in [1.82, 2.24) is 25.4 Å². The van der Waals surface area contributed by atoms with Crippen molar-refractivity contribution in [2.45, 2.75) is 64.1 Å². The summed E-state index contributed by atoms with van der Waals surface area (Å²) in [5.74, 6) is 3.56. The van der Waals surface area contributed by atoms with Gasteiger partial charge < -0.3 is 19.9 Å². The van der Waals surface area contributed by atoms with Gasteiger partial charge >= 0.3 is 0 Å². The number of ether oxygens (including phenoxy) is 1. The van der Waals surface area contributed by atoms with Crippen LogP contribution in [0.4, 0.5) is 0 Å². The van der Waals surface area contributed by atoms with Crippen molar-refractivity contribution in [3.8, 4) is 5.75 Å². The maximum atomic E-state index is 6.48. The largest absolute Gasteiger partial charge is 0.487 e. The van der Waals surface area contributed by atoms with Crippen molar-refractivity contribution in [3.63, 3.8) is 0 Å². The molecule has 1 aromatic carbocycles. The van der Waals surface area contributed by atoms with Crippen LogP contribution in [-0.4, -0.2) is 32.9 Å². The first-order chi connectivity index (χ1) is 13.6. The Bertz CT molecular complexity index is 859. The Morgan fingerprint density at radius 2 is 2.03 bits per heavy atom. The smallest absolute Gasteiger partial charge is 0.192 e. The molecule has 1 fully saturated rings. The molecule has 1 unspecified atom stereocenters. The molecule has 2 aromatic rings. The van der Waals surface area contributed by atoms with E-state index in [1.807, 2.05) is 18.5 Å². The summed E-state index contributed by atoms with van der Waals surface area (Å²) in [6.07, 6.45) is 5.72. The van der Waals surface area contributed by atoms with Gasteiger partial charge in [0.1, 0.15) is 23.7 Å². The average Bonchev–Trinajstić information content (AvgIpc) is 3.27. The summed E-state index contributed by atoms with van der Waals surface area (Å²) in [5, 5.41) is 15.4. The average molecular weight is 510 g/mol. The Hall–Kier alpha value is -1.84. The van der Waals surface area contributed by atoms with Crippen molar-refractivity contribution < 1.29 is 4.74 Å². The molecule has 8 heteroatoms. The Kier molecular flexibility index (Phi) is 7.02. The zero-order valence-electron chi connectivity index (χ0n) is 17.4. The molecule has 1 saturated carbocycles. The number of benzene rings is 1. The standard InChI is InChI=1S/C21H30N6O.HI/c1-4-22-20(23-14-19-26-25-15(2)27(19)3)24-17-13-21(11-7-8-12-21)28-18-10-6-5-9-16(17)18;/h5-6,9-10,17H,4,7-8,11-14H2,1-3H3,(H2,22,23,24);1H. The minimum atomic E-state index is -0.0376. The van der Waals surface area contributed by atoms with Crippen LogP contribution in [0.3, 0.4) is 0 Å². The fourth-order valence-electron chi connectivity index (χ4n) is 4.30. The van der Waals surface area contributed by atoms with Crippen LogP contribution in [-0.2, 0) is 13.6 Å². The Morgan fingerprint density at radius 1 is 1.28 bits per heavy atom. The lowest BCUT2D eigenvalue weighted by Gasteiger charge is -2.40. The molecule has 158 valence electrons. The Balaban J connectivity index is 0.00000240. The van der Waals surface area contributed by atoms with E-state index in [1.165, 1.54) is 18.4 Å². The second-order valence-corrected chi connectivity index (χ2v) is 7.85. The number of guanidine groups is 1. The van der Waals surface area contributed by atoms with Gasteiger partial charge in [-0.1, -0.05) is 18.2 Å². The first-order valence-electron chi connectivity index (χ1n) is 10.3. The van der Waals surface area contributed by atoms with E-state index in [4.69, 9.17) is 9.73 Å². The van der Waals surface area contributed by atoms with Crippen LogP contribution in [0, 0.1) is 6.92 Å². The fourth-order valence-corrected chi connectivity index (χ4v) is 4.30. The molecule has 0 amide bonds. The molecular weight excluding hydrogens is 479 g/mol. The molecule has 0 bridgehead atoms. The van der Waals surface area contributed by atoms with E-state index in [2.05, 4.69) is 52.0 Å². The molecule has 0 radical (unpaired) electrons. The molecule has 1 aliphatic heterocycles. The molecule has 1 spiro atoms. The first kappa shape index (κ1) is 21.9. The van der Waals surface area contributed by atoms with E-state index >= 15 is 0 Å². The van der Waals surface area contributed by atoms with Gasteiger partial charge in [-0.2, -0.15) is 0 Å². The number of para-hydroxylation sites is 1. The summed E-state index contributed by atoms with van der Waals surface area (Å²) in [6, 6.07) is 8.57. The molecule has 1 aromatic heterocycles. The number of rotatable bonds is 4. The van der Waals surface area contributed by atoms with E-state index in [-0.39, 0.29) is 35.6 Å². The lowest BCUT2D eigenvalue weighted by atomic mass is 9.86. The number of hydrogen-bond donors (Lipinski definition) is 2. The van der Waals surface area contributed by atoms with Crippen LogP contribution in [0.2, 0.25) is 0 Å². The second-order valence-electron chi connectivity index (χ2n) is 7.85. The topological polar surface area (TPSA) is 76.4 Å². The minimum absolute atomic E-state index is 0. The molecule has 2 N–H and O–H groups in total. The molecule has 1 atom stereocenters. The molecular formula is C21H31IN6O. The van der Waals surface area contributed by atoms with Crippen molar-refractivity contribution >= 4 is 29.9 Å². The fraction of sp³-hybridized carbons (Fsp3) is 0.571. The van der Waals surface area contributed by atoms with Gasteiger partial charge in [0.05, 0.1) is 6.04 Å². The van der Waals surface area contributed by atoms with Crippen LogP contribution in [0.5, 0.6) is 5.75 Å². The Morgan fingerprint density at radius 3 is 2.72 bits per heavy atom. The number of nitrogens with one attached hydrogen (secondary N) is 2. The van der Waals surface area contributed by atoms with E-state index < -0.39 is 0 Å². The van der Waals surface area contributed by atoms with Gasteiger partial charge in [-0.3, -0.25) is 0 Å². The van der Waals surface area contributed by atoms with Crippen LogP contribution < -0.4 is 15.4 Å². The molecule has 29 heavy (non-hydrogen) atoms. The van der Waals surface area contributed by atoms with Crippen LogP contribution in [0.25, 0.3) is 0 Å². The van der Waals surface area contributed by atoms with E-state index in [0.29, 0.717) is 6.54 Å². The summed E-state index contributed by atoms with van der Waals surface area (Å²) in [5.41, 5.74) is 1.17. The number of aliphatic imine (C=N–C) groups is 1. The minimum Gasteiger partial charge on any atom is -0.487 e. The van der Waals surface area contributed by atoms with E-state index in [1.54, 1.807) is 0 Å². The number of halogens is 1. The molecule has 2 aliphatic rings. The first-order valence-corrected chi connectivity index (χ1v) is 10.3. The highest BCUT2D eigenvalue weighted by atomic mass is 127. The highest BCUT2D eigenvalue weighted by molar-refractivity contribution is 14.0. The molecule has 0 saturated heterocycles. The summed E-state index contributed by atoms with van der Waals surface area (Å²) < 4.78 is 8.45. The van der Waals surface area contributed by atoms with Crippen molar-refractivity contribution in [3.05, 3.63) is 41.5 Å². The third-order valence-electron chi connectivity index (χ3n) is 5.93. The maximum Gasteiger partial charge on any atom is 0.192 e. The lowest BCUT2D eigenvalue weighted by molar-refractivity contribution is 0.0396. The summed E-state index contributed by atoms with van der Waals surface area (Å²) in [4.78, 5) is 4.77. The van der Waals surface area contributed by atoms with Gasteiger partial charge in [0.15, 0.2) is 11.8 Å². The molecule has 2 heterocycles. The third kappa shape index (κ3) is 4.67. The SMILES string of the molecule is CCNC(=NCc1nnc(C)n1C)NC1CC2(CCCC2)Oc2ccccc21.I. The van der Waals surface area contributed by atoms with Gasteiger partial charge in [-0.25, -0.2) is 4.99 Å². The summed E-state index contributed by atoms with van der Waals surface area (Å²) >= 11 is 0. The number of aromatic nitrogens is 3. The van der Waals surface area contributed by atoms with Crippen LogP contribution in [0.1, 0.15) is 62.3 Å². The predicted octanol–water partition coefficient (Wildman–Crippen LogP) is 3.63. The number of nitrogens with zero attached hydrogens (tertiary/aromatic N) is 4. The molecule has 7 nitrogen and oxygen atoms in total. The van der Waals surface area contributed by atoms with Gasteiger partial charge in [0.2, 0.25) is 0 Å². The number of aryl methyl sites for hydroxylation is 1. The van der Waals surface area contributed by atoms with Gasteiger partial charge in [0, 0.05) is 25.6 Å². The highest BCUT2D eigenvalue weighted by Crippen LogP contribution is 2.46. The van der Waals surface area contributed by atoms with Crippen molar-refractivity contribution in [2.75, 3.05) is 6.54 Å². The predicted molar refractivity (Wildman–Crippen MR) is 125 cm³/mol. The van der Waals surface area contributed by atoms with Crippen molar-refractivity contribution in [2.24, 2.45) is 12.0 Å². The van der Waals surface area contributed by atoms with E-state index in [9.17, 15) is 0 Å². The number of hydrogen-bond acceptors (Lipinski definition) is 4. The van der Waals surface area contributed by atoms with Crippen LogP contribution >= 0.6 is 24.0 Å². The Labute approximate surface area is 189 Å². The summed E-state index contributed by atoms with van der Waals surface area (Å²) in [6.45, 7) is 5.33. The van der Waals surface area contributed by atoms with Gasteiger partial charge in [-0.15, -0.1) is 34.2 Å². The quantitative estimate of drug-likeness (QED) is 0.373. The maximum absolute atomic E-state index is 6.48. The molecule has 4 rings (SSSR count). The van der Waals surface area contributed by atoms with Crippen molar-refractivity contribution in [1.29, 1.82) is 0 Å². The van der Waals surface area contributed by atoms with Crippen LogP contribution in [0.15, 0.2) is 29.3 Å².